The Bertz CT molecular complexity index is 1010. The number of rotatable bonds is 5. The summed E-state index contributed by atoms with van der Waals surface area (Å²) in [6, 6.07) is 14.8. The first-order chi connectivity index (χ1) is 13.0. The number of nitrogens with one attached hydrogen (secondary N) is 1. The van der Waals surface area contributed by atoms with Crippen molar-refractivity contribution in [2.45, 2.75) is 0 Å². The third-order valence-electron chi connectivity index (χ3n) is 3.84. The number of thiophene rings is 1. The molecule has 1 heterocycles. The third-order valence-corrected chi connectivity index (χ3v) is 4.73. The maximum Gasteiger partial charge on any atom is 0.341 e. The topological polar surface area (TPSA) is 98.5 Å². The molecule has 0 atom stereocenters. The minimum absolute atomic E-state index is 0.0898. The summed E-state index contributed by atoms with van der Waals surface area (Å²) in [6.07, 6.45) is 0. The van der Waals surface area contributed by atoms with Crippen LogP contribution in [-0.2, 0) is 4.74 Å². The summed E-state index contributed by atoms with van der Waals surface area (Å²) in [4.78, 5) is 35.4. The normalized spacial score (nSPS) is 10.3. The smallest absolute Gasteiger partial charge is 0.341 e. The van der Waals surface area contributed by atoms with E-state index in [0.717, 1.165) is 16.9 Å². The minimum atomic E-state index is -0.672. The van der Waals surface area contributed by atoms with E-state index in [2.05, 4.69) is 5.32 Å². The lowest BCUT2D eigenvalue weighted by atomic mass is 10.0. The Balaban J connectivity index is 2.01. The van der Waals surface area contributed by atoms with Crippen LogP contribution < -0.4 is 5.32 Å². The van der Waals surface area contributed by atoms with E-state index in [9.17, 15) is 19.7 Å². The molecule has 0 spiro atoms. The van der Waals surface area contributed by atoms with Crippen molar-refractivity contribution >= 4 is 33.9 Å². The number of benzene rings is 2. The van der Waals surface area contributed by atoms with Gasteiger partial charge in [-0.05, 0) is 11.6 Å². The Hall–Kier alpha value is -3.52. The molecule has 3 aromatic rings. The highest BCUT2D eigenvalue weighted by Crippen LogP contribution is 2.36. The molecule has 8 heteroatoms. The molecule has 0 aliphatic rings. The van der Waals surface area contributed by atoms with E-state index < -0.39 is 16.8 Å². The van der Waals surface area contributed by atoms with Gasteiger partial charge in [0.1, 0.15) is 16.1 Å². The predicted molar refractivity (Wildman–Crippen MR) is 102 cm³/mol. The molecule has 0 saturated heterocycles. The number of nitro groups is 1. The number of hydrogen-bond donors (Lipinski definition) is 1. The molecule has 0 aliphatic carbocycles. The van der Waals surface area contributed by atoms with Crippen molar-refractivity contribution in [1.82, 2.24) is 0 Å². The Kier molecular flexibility index (Phi) is 5.28. The van der Waals surface area contributed by atoms with E-state index in [1.165, 1.54) is 31.4 Å². The summed E-state index contributed by atoms with van der Waals surface area (Å²) in [5.74, 6) is -1.28. The predicted octanol–water partition coefficient (Wildman–Crippen LogP) is 4.36. The van der Waals surface area contributed by atoms with Gasteiger partial charge in [-0.1, -0.05) is 42.5 Å². The van der Waals surface area contributed by atoms with Gasteiger partial charge in [-0.15, -0.1) is 11.3 Å². The third kappa shape index (κ3) is 3.70. The monoisotopic (exact) mass is 382 g/mol. The standard InChI is InChI=1S/C19H14N2O5S/c1-26-19(23)16-14(12-7-3-2-4-8-12)11-27-18(16)20-17(22)13-9-5-6-10-15(13)21(24)25/h2-11H,1H3,(H,20,22). The number of carbonyl (C=O) groups is 2. The van der Waals surface area contributed by atoms with E-state index >= 15 is 0 Å². The van der Waals surface area contributed by atoms with Crippen LogP contribution in [0.25, 0.3) is 11.1 Å². The molecule has 0 radical (unpaired) electrons. The van der Waals surface area contributed by atoms with E-state index in [-0.39, 0.29) is 21.8 Å². The number of para-hydroxylation sites is 1. The van der Waals surface area contributed by atoms with E-state index in [1.54, 1.807) is 5.38 Å². The number of ether oxygens (including phenoxy) is 1. The van der Waals surface area contributed by atoms with Gasteiger partial charge >= 0.3 is 5.97 Å². The van der Waals surface area contributed by atoms with E-state index in [4.69, 9.17) is 4.74 Å². The molecule has 1 N–H and O–H groups in total. The van der Waals surface area contributed by atoms with E-state index in [1.807, 2.05) is 30.3 Å². The summed E-state index contributed by atoms with van der Waals surface area (Å²) >= 11 is 1.15. The summed E-state index contributed by atoms with van der Waals surface area (Å²) in [7, 11) is 1.25. The number of methoxy groups -OCH3 is 1. The van der Waals surface area contributed by atoms with Crippen LogP contribution in [0.3, 0.4) is 0 Å². The zero-order valence-corrected chi connectivity index (χ0v) is 15.0. The molecule has 136 valence electrons. The van der Waals surface area contributed by atoms with Gasteiger partial charge in [-0.25, -0.2) is 4.79 Å². The second kappa shape index (κ2) is 7.79. The van der Waals surface area contributed by atoms with Gasteiger partial charge in [-0.2, -0.15) is 0 Å². The minimum Gasteiger partial charge on any atom is -0.465 e. The van der Waals surface area contributed by atoms with Gasteiger partial charge in [0.25, 0.3) is 11.6 Å². The van der Waals surface area contributed by atoms with Crippen molar-refractivity contribution in [2.75, 3.05) is 12.4 Å². The summed E-state index contributed by atoms with van der Waals surface area (Å²) in [6.45, 7) is 0. The molecule has 0 aliphatic heterocycles. The average molecular weight is 382 g/mol. The molecule has 0 saturated carbocycles. The van der Waals surface area contributed by atoms with Gasteiger partial charge < -0.3 is 10.1 Å². The van der Waals surface area contributed by atoms with Crippen molar-refractivity contribution in [3.63, 3.8) is 0 Å². The number of nitro benzene ring substituents is 1. The quantitative estimate of drug-likeness (QED) is 0.401. The van der Waals surface area contributed by atoms with Crippen molar-refractivity contribution in [3.05, 3.63) is 81.2 Å². The maximum atomic E-state index is 12.6. The van der Waals surface area contributed by atoms with Crippen LogP contribution in [0.4, 0.5) is 10.7 Å². The molecule has 0 unspecified atom stereocenters. The number of esters is 1. The second-order valence-electron chi connectivity index (χ2n) is 5.44. The molecule has 0 fully saturated rings. The number of hydrogen-bond acceptors (Lipinski definition) is 6. The van der Waals surface area contributed by atoms with Crippen LogP contribution in [0, 0.1) is 10.1 Å². The molecular weight excluding hydrogens is 368 g/mol. The first kappa shape index (κ1) is 18.3. The Morgan fingerprint density at radius 2 is 1.74 bits per heavy atom. The second-order valence-corrected chi connectivity index (χ2v) is 6.32. The molecule has 1 aromatic heterocycles. The molecule has 0 bridgehead atoms. The zero-order chi connectivity index (χ0) is 19.4. The van der Waals surface area contributed by atoms with Crippen LogP contribution in [0.15, 0.2) is 60.0 Å². The van der Waals surface area contributed by atoms with Gasteiger partial charge in [0, 0.05) is 17.0 Å². The van der Waals surface area contributed by atoms with Crippen LogP contribution in [0.1, 0.15) is 20.7 Å². The molecule has 1 amide bonds. The fraction of sp³-hybridized carbons (Fsp3) is 0.0526. The zero-order valence-electron chi connectivity index (χ0n) is 14.2. The first-order valence-corrected chi connectivity index (χ1v) is 8.71. The Morgan fingerprint density at radius 1 is 1.07 bits per heavy atom. The summed E-state index contributed by atoms with van der Waals surface area (Å²) in [5.41, 5.74) is 1.22. The van der Waals surface area contributed by atoms with E-state index in [0.29, 0.717) is 5.56 Å². The van der Waals surface area contributed by atoms with Crippen LogP contribution >= 0.6 is 11.3 Å². The lowest BCUT2D eigenvalue weighted by Gasteiger charge is -2.08. The molecular formula is C19H14N2O5S. The lowest BCUT2D eigenvalue weighted by molar-refractivity contribution is -0.385. The molecule has 2 aromatic carbocycles. The molecule has 7 nitrogen and oxygen atoms in total. The Labute approximate surface area is 158 Å². The molecule has 3 rings (SSSR count). The first-order valence-electron chi connectivity index (χ1n) is 7.83. The van der Waals surface area contributed by atoms with Crippen LogP contribution in [0.2, 0.25) is 0 Å². The SMILES string of the molecule is COC(=O)c1c(-c2ccccc2)csc1NC(=O)c1ccccc1[N+](=O)[O-]. The van der Waals surface area contributed by atoms with Crippen LogP contribution in [0.5, 0.6) is 0 Å². The average Bonchev–Trinajstić information content (AvgIpc) is 3.11. The van der Waals surface area contributed by atoms with Crippen LogP contribution in [-0.4, -0.2) is 23.9 Å². The van der Waals surface area contributed by atoms with Gasteiger partial charge in [0.05, 0.1) is 12.0 Å². The molecule has 27 heavy (non-hydrogen) atoms. The number of anilines is 1. The highest BCUT2D eigenvalue weighted by Gasteiger charge is 2.25. The van der Waals surface area contributed by atoms with Gasteiger partial charge in [0.15, 0.2) is 0 Å². The van der Waals surface area contributed by atoms with Crippen molar-refractivity contribution in [2.24, 2.45) is 0 Å². The number of amides is 1. The van der Waals surface area contributed by atoms with Crippen molar-refractivity contribution in [3.8, 4) is 11.1 Å². The number of nitrogens with zero attached hydrogens (tertiary/aromatic N) is 1. The highest BCUT2D eigenvalue weighted by molar-refractivity contribution is 7.15. The Morgan fingerprint density at radius 3 is 2.41 bits per heavy atom. The van der Waals surface area contributed by atoms with Gasteiger partial charge in [0.2, 0.25) is 0 Å². The summed E-state index contributed by atoms with van der Waals surface area (Å²) in [5, 5.41) is 15.7. The largest absolute Gasteiger partial charge is 0.465 e. The van der Waals surface area contributed by atoms with Crippen molar-refractivity contribution in [1.29, 1.82) is 0 Å². The summed E-state index contributed by atoms with van der Waals surface area (Å²) < 4.78 is 4.85. The lowest BCUT2D eigenvalue weighted by Crippen LogP contribution is -2.15. The fourth-order valence-electron chi connectivity index (χ4n) is 2.58. The fourth-order valence-corrected chi connectivity index (χ4v) is 3.53. The van der Waals surface area contributed by atoms with Gasteiger partial charge in [-0.3, -0.25) is 14.9 Å². The highest BCUT2D eigenvalue weighted by atomic mass is 32.1. The number of carbonyl (C=O) groups excluding carboxylic acids is 2. The van der Waals surface area contributed by atoms with Crippen molar-refractivity contribution < 1.29 is 19.2 Å². The maximum absolute atomic E-state index is 12.6.